The van der Waals surface area contributed by atoms with Crippen molar-refractivity contribution in [3.8, 4) is 0 Å². The molecular weight excluding hydrogens is 269 g/mol. The lowest BCUT2D eigenvalue weighted by molar-refractivity contribution is -0.141. The molecule has 20 heavy (non-hydrogen) atoms. The van der Waals surface area contributed by atoms with E-state index in [1.807, 2.05) is 12.1 Å². The number of fused-ring (bicyclic) bond motifs is 1. The predicted octanol–water partition coefficient (Wildman–Crippen LogP) is 2.89. The van der Waals surface area contributed by atoms with Crippen molar-refractivity contribution in [1.29, 1.82) is 0 Å². The summed E-state index contributed by atoms with van der Waals surface area (Å²) in [4.78, 5) is 0. The summed E-state index contributed by atoms with van der Waals surface area (Å²) in [5, 5.41) is 6.64. The van der Waals surface area contributed by atoms with Crippen LogP contribution in [0.4, 0.5) is 24.7 Å². The van der Waals surface area contributed by atoms with Crippen LogP contribution in [-0.2, 0) is 6.18 Å². The second-order valence-electron chi connectivity index (χ2n) is 4.76. The van der Waals surface area contributed by atoms with Gasteiger partial charge >= 0.3 is 6.18 Å². The van der Waals surface area contributed by atoms with Crippen molar-refractivity contribution in [3.63, 3.8) is 0 Å². The first-order valence-electron chi connectivity index (χ1n) is 6.21. The Bertz CT molecular complexity index is 616. The first kappa shape index (κ1) is 12.8. The highest BCUT2D eigenvalue weighted by molar-refractivity contribution is 5.44. The topological polar surface area (TPSA) is 55.9 Å². The average molecular weight is 282 g/mol. The Morgan fingerprint density at radius 2 is 1.95 bits per heavy atom. The molecule has 4 nitrogen and oxygen atoms in total. The summed E-state index contributed by atoms with van der Waals surface area (Å²) in [6, 6.07) is 7.97. The summed E-state index contributed by atoms with van der Waals surface area (Å²) >= 11 is 0. The van der Waals surface area contributed by atoms with Crippen molar-refractivity contribution in [2.24, 2.45) is 0 Å². The van der Waals surface area contributed by atoms with Gasteiger partial charge in [-0.3, -0.25) is 0 Å². The minimum atomic E-state index is -4.43. The van der Waals surface area contributed by atoms with E-state index in [9.17, 15) is 13.2 Å². The summed E-state index contributed by atoms with van der Waals surface area (Å²) in [5.74, 6) is 0.394. The van der Waals surface area contributed by atoms with Crippen LogP contribution in [0.3, 0.4) is 0 Å². The predicted molar refractivity (Wildman–Crippen MR) is 69.3 cm³/mol. The Labute approximate surface area is 113 Å². The number of aromatic nitrogens is 2. The molecule has 7 heteroatoms. The number of nitrogens with two attached hydrogens (primary N) is 1. The number of alkyl halides is 3. The number of nitrogen functional groups attached to an aromatic ring is 1. The molecule has 0 fully saturated rings. The third-order valence-corrected chi connectivity index (χ3v) is 3.37. The Morgan fingerprint density at radius 3 is 2.60 bits per heavy atom. The van der Waals surface area contributed by atoms with Gasteiger partial charge in [0.05, 0.1) is 6.04 Å². The normalized spacial score (nSPS) is 18.4. The van der Waals surface area contributed by atoms with E-state index in [-0.39, 0.29) is 6.04 Å². The summed E-state index contributed by atoms with van der Waals surface area (Å²) in [6.45, 7) is 0.609. The molecule has 0 amide bonds. The van der Waals surface area contributed by atoms with Crippen LogP contribution in [-0.4, -0.2) is 16.3 Å². The number of benzene rings is 1. The Kier molecular flexibility index (Phi) is 2.84. The van der Waals surface area contributed by atoms with E-state index in [1.165, 1.54) is 4.68 Å². The fraction of sp³-hybridized carbons (Fsp3) is 0.308. The van der Waals surface area contributed by atoms with Gasteiger partial charge in [-0.15, -0.1) is 0 Å². The second kappa shape index (κ2) is 4.43. The average Bonchev–Trinajstić information content (AvgIpc) is 2.83. The fourth-order valence-corrected chi connectivity index (χ4v) is 2.39. The Balaban J connectivity index is 2.01. The van der Waals surface area contributed by atoms with Gasteiger partial charge in [0.25, 0.3) is 0 Å². The van der Waals surface area contributed by atoms with Crippen LogP contribution in [0.1, 0.15) is 23.7 Å². The summed E-state index contributed by atoms with van der Waals surface area (Å²) in [5.41, 5.74) is 6.28. The summed E-state index contributed by atoms with van der Waals surface area (Å²) < 4.78 is 39.6. The number of hydrogen-bond donors (Lipinski definition) is 2. The molecule has 0 spiro atoms. The van der Waals surface area contributed by atoms with Crippen LogP contribution < -0.4 is 11.1 Å². The van der Waals surface area contributed by atoms with Crippen molar-refractivity contribution in [3.05, 3.63) is 41.6 Å². The third kappa shape index (κ3) is 2.19. The number of nitrogens with one attached hydrogen (secondary N) is 1. The third-order valence-electron chi connectivity index (χ3n) is 3.37. The van der Waals surface area contributed by atoms with Crippen LogP contribution in [0.15, 0.2) is 30.3 Å². The standard InChI is InChI=1S/C13H13F3N4/c14-13(15,16)11-7-12-18-6-5-10(20(12)19-11)8-1-3-9(17)4-2-8/h1-4,7,10,18H,5-6,17H2. The lowest BCUT2D eigenvalue weighted by Gasteiger charge is -2.26. The maximum Gasteiger partial charge on any atom is 0.435 e. The number of hydrogen-bond acceptors (Lipinski definition) is 3. The fourth-order valence-electron chi connectivity index (χ4n) is 2.39. The zero-order chi connectivity index (χ0) is 14.3. The van der Waals surface area contributed by atoms with Gasteiger partial charge in [0, 0.05) is 18.3 Å². The molecule has 106 valence electrons. The number of rotatable bonds is 1. The van der Waals surface area contributed by atoms with Crippen molar-refractivity contribution in [2.45, 2.75) is 18.6 Å². The van der Waals surface area contributed by atoms with Gasteiger partial charge in [0.2, 0.25) is 0 Å². The van der Waals surface area contributed by atoms with E-state index in [4.69, 9.17) is 5.73 Å². The molecule has 3 rings (SSSR count). The Hall–Kier alpha value is -2.18. The number of halogens is 3. The lowest BCUT2D eigenvalue weighted by atomic mass is 10.0. The van der Waals surface area contributed by atoms with E-state index in [0.717, 1.165) is 11.6 Å². The molecule has 0 radical (unpaired) electrons. The van der Waals surface area contributed by atoms with Gasteiger partial charge in [0.15, 0.2) is 5.69 Å². The molecule has 0 aliphatic carbocycles. The van der Waals surface area contributed by atoms with E-state index in [1.54, 1.807) is 12.1 Å². The summed E-state index contributed by atoms with van der Waals surface area (Å²) in [7, 11) is 0. The smallest absolute Gasteiger partial charge is 0.399 e. The van der Waals surface area contributed by atoms with Crippen molar-refractivity contribution in [2.75, 3.05) is 17.6 Å². The van der Waals surface area contributed by atoms with E-state index < -0.39 is 11.9 Å². The monoisotopic (exact) mass is 282 g/mol. The highest BCUT2D eigenvalue weighted by Gasteiger charge is 2.36. The van der Waals surface area contributed by atoms with E-state index >= 15 is 0 Å². The zero-order valence-electron chi connectivity index (χ0n) is 10.5. The molecular formula is C13H13F3N4. The maximum atomic E-state index is 12.7. The van der Waals surface area contributed by atoms with Gasteiger partial charge in [-0.1, -0.05) is 12.1 Å². The van der Waals surface area contributed by atoms with Crippen molar-refractivity contribution in [1.82, 2.24) is 9.78 Å². The number of anilines is 2. The first-order chi connectivity index (χ1) is 9.45. The van der Waals surface area contributed by atoms with Gasteiger partial charge < -0.3 is 11.1 Å². The van der Waals surface area contributed by atoms with E-state index in [2.05, 4.69) is 10.4 Å². The minimum Gasteiger partial charge on any atom is -0.399 e. The number of nitrogens with zero attached hydrogens (tertiary/aromatic N) is 2. The first-order valence-corrected chi connectivity index (χ1v) is 6.21. The minimum absolute atomic E-state index is 0.206. The molecule has 0 saturated heterocycles. The molecule has 1 aliphatic rings. The summed E-state index contributed by atoms with van der Waals surface area (Å²) in [6.07, 6.45) is -3.76. The molecule has 1 unspecified atom stereocenters. The Morgan fingerprint density at radius 1 is 1.25 bits per heavy atom. The zero-order valence-corrected chi connectivity index (χ0v) is 10.5. The lowest BCUT2D eigenvalue weighted by Crippen LogP contribution is -2.24. The maximum absolute atomic E-state index is 12.7. The molecule has 0 saturated carbocycles. The molecule has 1 aromatic heterocycles. The van der Waals surface area contributed by atoms with Crippen LogP contribution in [0.5, 0.6) is 0 Å². The SMILES string of the molecule is Nc1ccc(C2CCNc3cc(C(F)(F)F)nn32)cc1. The van der Waals surface area contributed by atoms with Crippen LogP contribution in [0.25, 0.3) is 0 Å². The second-order valence-corrected chi connectivity index (χ2v) is 4.76. The quantitative estimate of drug-likeness (QED) is 0.791. The molecule has 1 atom stereocenters. The van der Waals surface area contributed by atoms with E-state index in [0.29, 0.717) is 24.5 Å². The molecule has 0 bridgehead atoms. The molecule has 3 N–H and O–H groups in total. The van der Waals surface area contributed by atoms with Crippen molar-refractivity contribution < 1.29 is 13.2 Å². The highest BCUT2D eigenvalue weighted by Crippen LogP contribution is 2.35. The van der Waals surface area contributed by atoms with Crippen LogP contribution >= 0.6 is 0 Å². The molecule has 1 aromatic carbocycles. The highest BCUT2D eigenvalue weighted by atomic mass is 19.4. The van der Waals surface area contributed by atoms with Gasteiger partial charge in [-0.05, 0) is 24.1 Å². The van der Waals surface area contributed by atoms with Crippen LogP contribution in [0.2, 0.25) is 0 Å². The largest absolute Gasteiger partial charge is 0.435 e. The molecule has 2 heterocycles. The molecule has 1 aliphatic heterocycles. The van der Waals surface area contributed by atoms with Gasteiger partial charge in [0.1, 0.15) is 5.82 Å². The van der Waals surface area contributed by atoms with Crippen LogP contribution in [0, 0.1) is 0 Å². The van der Waals surface area contributed by atoms with Gasteiger partial charge in [-0.25, -0.2) is 4.68 Å². The molecule has 2 aromatic rings. The van der Waals surface area contributed by atoms with Crippen molar-refractivity contribution >= 4 is 11.5 Å². The van der Waals surface area contributed by atoms with Gasteiger partial charge in [-0.2, -0.15) is 18.3 Å².